The van der Waals surface area contributed by atoms with E-state index in [2.05, 4.69) is 5.32 Å². The third kappa shape index (κ3) is 3.11. The smallest absolute Gasteiger partial charge is 0.177 e. The van der Waals surface area contributed by atoms with Crippen LogP contribution in [0, 0.1) is 0 Å². The van der Waals surface area contributed by atoms with Gasteiger partial charge in [0.05, 0.1) is 16.3 Å². The molecule has 1 aliphatic rings. The number of nitrogens with two attached hydrogens (primary N) is 1. The average molecular weight is 286 g/mol. The molecule has 1 aromatic rings. The largest absolute Gasteiger partial charge is 0.396 e. The lowest BCUT2D eigenvalue weighted by Crippen LogP contribution is -2.26. The van der Waals surface area contributed by atoms with Crippen molar-refractivity contribution in [2.24, 2.45) is 0 Å². The first-order valence-corrected chi connectivity index (χ1v) is 8.96. The normalized spacial score (nSPS) is 20.6. The maximum Gasteiger partial charge on any atom is 0.177 e. The van der Waals surface area contributed by atoms with Gasteiger partial charge < -0.3 is 11.1 Å². The summed E-state index contributed by atoms with van der Waals surface area (Å²) in [6.07, 6.45) is 3.47. The molecule has 6 heteroatoms. The van der Waals surface area contributed by atoms with E-state index < -0.39 is 9.84 Å². The maximum absolute atomic E-state index is 11.6. The van der Waals surface area contributed by atoms with Crippen molar-refractivity contribution in [1.29, 1.82) is 0 Å². The molecule has 1 unspecified atom stereocenters. The van der Waals surface area contributed by atoms with E-state index in [1.807, 2.05) is 17.8 Å². The van der Waals surface area contributed by atoms with Gasteiger partial charge in [-0.15, -0.1) is 0 Å². The van der Waals surface area contributed by atoms with Crippen LogP contribution in [0.1, 0.15) is 12.8 Å². The molecule has 1 saturated heterocycles. The first-order chi connectivity index (χ1) is 8.48. The standard InChI is InChI=1S/C12H18N2O2S2/c1-18(15,16)11-6-2-5-10(12(11)13)14-9-4-3-7-17-8-9/h2,5-6,9,14H,3-4,7-8,13H2,1H3. The van der Waals surface area contributed by atoms with E-state index in [1.165, 1.54) is 18.4 Å². The van der Waals surface area contributed by atoms with Gasteiger partial charge in [0.25, 0.3) is 0 Å². The minimum Gasteiger partial charge on any atom is -0.396 e. The second-order valence-electron chi connectivity index (χ2n) is 4.55. The molecule has 0 bridgehead atoms. The highest BCUT2D eigenvalue weighted by Crippen LogP contribution is 2.29. The maximum atomic E-state index is 11.6. The molecule has 1 fully saturated rings. The van der Waals surface area contributed by atoms with E-state index >= 15 is 0 Å². The highest BCUT2D eigenvalue weighted by Gasteiger charge is 2.18. The average Bonchev–Trinajstić information content (AvgIpc) is 2.32. The third-order valence-corrected chi connectivity index (χ3v) is 5.36. The Morgan fingerprint density at radius 2 is 2.22 bits per heavy atom. The topological polar surface area (TPSA) is 72.2 Å². The minimum atomic E-state index is -3.27. The zero-order valence-corrected chi connectivity index (χ0v) is 12.0. The summed E-state index contributed by atoms with van der Waals surface area (Å²) in [4.78, 5) is 0.205. The molecular formula is C12H18N2O2S2. The predicted molar refractivity (Wildman–Crippen MR) is 77.9 cm³/mol. The first-order valence-electron chi connectivity index (χ1n) is 5.91. The molecule has 1 aromatic carbocycles. The highest BCUT2D eigenvalue weighted by molar-refractivity contribution is 7.99. The van der Waals surface area contributed by atoms with E-state index in [9.17, 15) is 8.42 Å². The Bertz CT molecular complexity index is 523. The van der Waals surface area contributed by atoms with Crippen molar-refractivity contribution in [2.75, 3.05) is 28.8 Å². The molecule has 1 aliphatic heterocycles. The summed E-state index contributed by atoms with van der Waals surface area (Å²) < 4.78 is 23.2. The van der Waals surface area contributed by atoms with Gasteiger partial charge >= 0.3 is 0 Å². The van der Waals surface area contributed by atoms with E-state index in [0.717, 1.165) is 17.9 Å². The second kappa shape index (κ2) is 5.40. The lowest BCUT2D eigenvalue weighted by molar-refractivity contribution is 0.602. The van der Waals surface area contributed by atoms with E-state index in [1.54, 1.807) is 12.1 Å². The quantitative estimate of drug-likeness (QED) is 0.831. The second-order valence-corrected chi connectivity index (χ2v) is 7.68. The van der Waals surface area contributed by atoms with Gasteiger partial charge in [-0.3, -0.25) is 0 Å². The minimum absolute atomic E-state index is 0.205. The number of benzene rings is 1. The summed E-state index contributed by atoms with van der Waals surface area (Å²) in [7, 11) is -3.27. The first kappa shape index (κ1) is 13.5. The molecule has 0 aromatic heterocycles. The zero-order valence-electron chi connectivity index (χ0n) is 10.3. The number of thioether (sulfide) groups is 1. The molecule has 0 aliphatic carbocycles. The highest BCUT2D eigenvalue weighted by atomic mass is 32.2. The fraction of sp³-hybridized carbons (Fsp3) is 0.500. The molecule has 0 saturated carbocycles. The van der Waals surface area contributed by atoms with Crippen molar-refractivity contribution in [3.8, 4) is 0 Å². The summed E-state index contributed by atoms with van der Waals surface area (Å²) >= 11 is 1.92. The number of anilines is 2. The van der Waals surface area contributed by atoms with Crippen molar-refractivity contribution in [2.45, 2.75) is 23.8 Å². The van der Waals surface area contributed by atoms with Crippen LogP contribution in [0.3, 0.4) is 0 Å². The van der Waals surface area contributed by atoms with Crippen LogP contribution in [0.2, 0.25) is 0 Å². The number of para-hydroxylation sites is 1. The Morgan fingerprint density at radius 1 is 1.44 bits per heavy atom. The van der Waals surface area contributed by atoms with Gasteiger partial charge in [0.1, 0.15) is 0 Å². The van der Waals surface area contributed by atoms with Crippen LogP contribution in [0.25, 0.3) is 0 Å². The molecule has 4 nitrogen and oxygen atoms in total. The van der Waals surface area contributed by atoms with Crippen LogP contribution >= 0.6 is 11.8 Å². The van der Waals surface area contributed by atoms with E-state index in [-0.39, 0.29) is 4.90 Å². The number of nitrogen functional groups attached to an aromatic ring is 1. The van der Waals surface area contributed by atoms with Crippen molar-refractivity contribution >= 4 is 33.0 Å². The Kier molecular flexibility index (Phi) is 4.07. The SMILES string of the molecule is CS(=O)(=O)c1cccc(NC2CCCSC2)c1N. The van der Waals surface area contributed by atoms with Gasteiger partial charge in [-0.1, -0.05) is 6.07 Å². The van der Waals surface area contributed by atoms with Crippen LogP contribution in [0.5, 0.6) is 0 Å². The lowest BCUT2D eigenvalue weighted by atomic mass is 10.1. The fourth-order valence-electron chi connectivity index (χ4n) is 2.07. The molecule has 0 radical (unpaired) electrons. The van der Waals surface area contributed by atoms with Gasteiger partial charge in [-0.05, 0) is 30.7 Å². The van der Waals surface area contributed by atoms with Gasteiger partial charge in [0, 0.05) is 18.1 Å². The van der Waals surface area contributed by atoms with Crippen molar-refractivity contribution < 1.29 is 8.42 Å². The molecule has 1 atom stereocenters. The summed E-state index contributed by atoms with van der Waals surface area (Å²) in [5.74, 6) is 2.25. The Balaban J connectivity index is 2.23. The van der Waals surface area contributed by atoms with Crippen molar-refractivity contribution in [3.63, 3.8) is 0 Å². The van der Waals surface area contributed by atoms with Crippen LogP contribution < -0.4 is 11.1 Å². The van der Waals surface area contributed by atoms with Crippen LogP contribution in [-0.4, -0.2) is 32.2 Å². The van der Waals surface area contributed by atoms with Gasteiger partial charge in [-0.2, -0.15) is 11.8 Å². The zero-order chi connectivity index (χ0) is 13.2. The lowest BCUT2D eigenvalue weighted by Gasteiger charge is -2.24. The number of nitrogens with one attached hydrogen (secondary N) is 1. The summed E-state index contributed by atoms with van der Waals surface area (Å²) in [5, 5.41) is 3.35. The summed E-state index contributed by atoms with van der Waals surface area (Å²) in [6.45, 7) is 0. The predicted octanol–water partition coefficient (Wildman–Crippen LogP) is 1.98. The van der Waals surface area contributed by atoms with Crippen molar-refractivity contribution in [3.05, 3.63) is 18.2 Å². The van der Waals surface area contributed by atoms with Crippen molar-refractivity contribution in [1.82, 2.24) is 0 Å². The van der Waals surface area contributed by atoms with Crippen LogP contribution in [0.4, 0.5) is 11.4 Å². The number of sulfone groups is 1. The monoisotopic (exact) mass is 286 g/mol. The number of hydrogen-bond donors (Lipinski definition) is 2. The van der Waals surface area contributed by atoms with E-state index in [4.69, 9.17) is 5.73 Å². The van der Waals surface area contributed by atoms with Crippen LogP contribution in [-0.2, 0) is 9.84 Å². The number of rotatable bonds is 3. The molecule has 2 rings (SSSR count). The third-order valence-electron chi connectivity index (χ3n) is 2.99. The Hall–Kier alpha value is -0.880. The fourth-order valence-corrected chi connectivity index (χ4v) is 3.97. The number of hydrogen-bond acceptors (Lipinski definition) is 5. The molecule has 0 amide bonds. The van der Waals surface area contributed by atoms with Crippen LogP contribution in [0.15, 0.2) is 23.1 Å². The van der Waals surface area contributed by atoms with Gasteiger partial charge in [0.15, 0.2) is 9.84 Å². The Morgan fingerprint density at radius 3 is 2.83 bits per heavy atom. The van der Waals surface area contributed by atoms with Gasteiger partial charge in [-0.25, -0.2) is 8.42 Å². The molecule has 100 valence electrons. The Labute approximate surface area is 112 Å². The molecule has 1 heterocycles. The van der Waals surface area contributed by atoms with Gasteiger partial charge in [0.2, 0.25) is 0 Å². The summed E-state index contributed by atoms with van der Waals surface area (Å²) in [5.41, 5.74) is 6.99. The molecule has 18 heavy (non-hydrogen) atoms. The molecule has 3 N–H and O–H groups in total. The van der Waals surface area contributed by atoms with E-state index in [0.29, 0.717) is 11.7 Å². The summed E-state index contributed by atoms with van der Waals surface area (Å²) in [6, 6.07) is 5.49. The molecule has 0 spiro atoms. The molecular weight excluding hydrogens is 268 g/mol.